The van der Waals surface area contributed by atoms with Crippen molar-refractivity contribution in [1.29, 1.82) is 0 Å². The van der Waals surface area contributed by atoms with Gasteiger partial charge >= 0.3 is 5.97 Å². The molecule has 138 valence electrons. The zero-order chi connectivity index (χ0) is 18.6. The smallest absolute Gasteiger partial charge is 0.331 e. The highest BCUT2D eigenvalue weighted by Crippen LogP contribution is 2.34. The van der Waals surface area contributed by atoms with Crippen LogP contribution in [0.3, 0.4) is 0 Å². The Morgan fingerprint density at radius 2 is 1.88 bits per heavy atom. The summed E-state index contributed by atoms with van der Waals surface area (Å²) < 4.78 is 10.3. The van der Waals surface area contributed by atoms with Gasteiger partial charge in [0.2, 0.25) is 5.76 Å². The fourth-order valence-corrected chi connectivity index (χ4v) is 4.17. The van der Waals surface area contributed by atoms with Crippen LogP contribution < -0.4 is 5.32 Å². The number of hydrogen-bond acceptors (Lipinski definition) is 6. The van der Waals surface area contributed by atoms with Crippen molar-refractivity contribution in [1.82, 2.24) is 10.5 Å². The molecule has 1 saturated carbocycles. The molecule has 2 aromatic rings. The molecule has 0 bridgehead atoms. The Bertz CT molecular complexity index is 782. The first-order valence-corrected chi connectivity index (χ1v) is 9.47. The summed E-state index contributed by atoms with van der Waals surface area (Å²) in [4.78, 5) is 26.9. The molecule has 0 unspecified atom stereocenters. The first-order valence-electron chi connectivity index (χ1n) is 8.66. The maximum atomic E-state index is 12.9. The molecule has 1 heterocycles. The lowest BCUT2D eigenvalue weighted by atomic mass is 9.81. The van der Waals surface area contributed by atoms with Crippen LogP contribution in [0.4, 0.5) is 0 Å². The van der Waals surface area contributed by atoms with Gasteiger partial charge in [0.1, 0.15) is 5.54 Å². The van der Waals surface area contributed by atoms with Gasteiger partial charge in [0, 0.05) is 4.90 Å². The third-order valence-corrected chi connectivity index (χ3v) is 5.81. The average Bonchev–Trinajstić information content (AvgIpc) is 3.03. The van der Waals surface area contributed by atoms with Crippen molar-refractivity contribution in [3.63, 3.8) is 0 Å². The normalized spacial score (nSPS) is 16.1. The van der Waals surface area contributed by atoms with Crippen LogP contribution in [-0.2, 0) is 9.53 Å². The Morgan fingerprint density at radius 3 is 2.54 bits per heavy atom. The molecular weight excluding hydrogens is 352 g/mol. The van der Waals surface area contributed by atoms with E-state index in [0.717, 1.165) is 24.2 Å². The molecule has 1 N–H and O–H groups in total. The van der Waals surface area contributed by atoms with Crippen molar-refractivity contribution in [3.8, 4) is 0 Å². The number of amides is 1. The number of aromatic nitrogens is 1. The van der Waals surface area contributed by atoms with Crippen molar-refractivity contribution in [3.05, 3.63) is 41.8 Å². The van der Waals surface area contributed by atoms with Crippen LogP contribution in [0.2, 0.25) is 0 Å². The second-order valence-corrected chi connectivity index (χ2v) is 7.51. The number of methoxy groups -OCH3 is 1. The van der Waals surface area contributed by atoms with Gasteiger partial charge in [-0.05, 0) is 31.9 Å². The zero-order valence-corrected chi connectivity index (χ0v) is 15.7. The summed E-state index contributed by atoms with van der Waals surface area (Å²) in [5.74, 6) is -0.708. The molecule has 1 amide bonds. The molecule has 1 aromatic heterocycles. The zero-order valence-electron chi connectivity index (χ0n) is 14.9. The molecule has 26 heavy (non-hydrogen) atoms. The van der Waals surface area contributed by atoms with E-state index in [0.29, 0.717) is 23.4 Å². The number of carbonyl (C=O) groups excluding carboxylic acids is 2. The van der Waals surface area contributed by atoms with Gasteiger partial charge in [-0.15, -0.1) is 0 Å². The highest BCUT2D eigenvalue weighted by atomic mass is 32.2. The molecule has 0 spiro atoms. The molecule has 3 rings (SSSR count). The van der Waals surface area contributed by atoms with Gasteiger partial charge in [-0.25, -0.2) is 4.79 Å². The van der Waals surface area contributed by atoms with Crippen molar-refractivity contribution < 1.29 is 18.8 Å². The highest BCUT2D eigenvalue weighted by molar-refractivity contribution is 7.99. The monoisotopic (exact) mass is 374 g/mol. The van der Waals surface area contributed by atoms with E-state index in [1.165, 1.54) is 18.9 Å². The number of benzene rings is 1. The standard InChI is InChI=1S/C19H22N2O4S/c1-13-16(26-14-9-5-3-6-10-14)15(25-21-13)17(22)20-19(18(23)24-2)11-7-4-8-12-19/h3,5-6,9-10H,4,7-8,11-12H2,1-2H3,(H,20,22). The SMILES string of the molecule is COC(=O)C1(NC(=O)c2onc(C)c2Sc2ccccc2)CCCCC1. The lowest BCUT2D eigenvalue weighted by Gasteiger charge is -2.34. The number of rotatable bonds is 5. The third kappa shape index (κ3) is 3.77. The van der Waals surface area contributed by atoms with Crippen LogP contribution in [0.1, 0.15) is 48.4 Å². The molecule has 1 fully saturated rings. The Kier molecular flexibility index (Phi) is 5.66. The van der Waals surface area contributed by atoms with Crippen molar-refractivity contribution in [2.24, 2.45) is 0 Å². The summed E-state index contributed by atoms with van der Waals surface area (Å²) in [6.07, 6.45) is 3.93. The predicted molar refractivity (Wildman–Crippen MR) is 97.1 cm³/mol. The van der Waals surface area contributed by atoms with E-state index >= 15 is 0 Å². The molecule has 1 aliphatic rings. The van der Waals surface area contributed by atoms with E-state index in [9.17, 15) is 9.59 Å². The Hall–Kier alpha value is -2.28. The van der Waals surface area contributed by atoms with Crippen LogP contribution in [-0.4, -0.2) is 29.7 Å². The fourth-order valence-electron chi connectivity index (χ4n) is 3.24. The highest BCUT2D eigenvalue weighted by Gasteiger charge is 2.43. The third-order valence-electron chi connectivity index (χ3n) is 4.61. The van der Waals surface area contributed by atoms with Crippen LogP contribution >= 0.6 is 11.8 Å². The number of carbonyl (C=O) groups is 2. The second kappa shape index (κ2) is 7.95. The van der Waals surface area contributed by atoms with E-state index < -0.39 is 17.4 Å². The van der Waals surface area contributed by atoms with Crippen molar-refractivity contribution >= 4 is 23.6 Å². The van der Waals surface area contributed by atoms with Gasteiger partial charge in [-0.3, -0.25) is 4.79 Å². The molecule has 1 aromatic carbocycles. The number of aryl methyl sites for hydroxylation is 1. The Balaban J connectivity index is 1.84. The van der Waals surface area contributed by atoms with Gasteiger partial charge in [0.25, 0.3) is 5.91 Å². The molecule has 6 nitrogen and oxygen atoms in total. The first kappa shape index (κ1) is 18.5. The van der Waals surface area contributed by atoms with Gasteiger partial charge in [-0.1, -0.05) is 54.4 Å². The minimum Gasteiger partial charge on any atom is -0.467 e. The van der Waals surface area contributed by atoms with Gasteiger partial charge in [0.05, 0.1) is 17.7 Å². The molecule has 0 saturated heterocycles. The number of hydrogen-bond donors (Lipinski definition) is 1. The van der Waals surface area contributed by atoms with E-state index in [-0.39, 0.29) is 5.76 Å². The maximum absolute atomic E-state index is 12.9. The quantitative estimate of drug-likeness (QED) is 0.803. The van der Waals surface area contributed by atoms with Crippen LogP contribution in [0.5, 0.6) is 0 Å². The minimum atomic E-state index is -0.987. The summed E-state index contributed by atoms with van der Waals surface area (Å²) in [5, 5.41) is 6.82. The number of ether oxygens (including phenoxy) is 1. The largest absolute Gasteiger partial charge is 0.467 e. The average molecular weight is 374 g/mol. The minimum absolute atomic E-state index is 0.130. The molecule has 0 aliphatic heterocycles. The van der Waals surface area contributed by atoms with Crippen LogP contribution in [0.15, 0.2) is 44.6 Å². The summed E-state index contributed by atoms with van der Waals surface area (Å²) >= 11 is 1.42. The van der Waals surface area contributed by atoms with Gasteiger partial charge < -0.3 is 14.6 Å². The number of nitrogens with one attached hydrogen (secondary N) is 1. The molecular formula is C19H22N2O4S. The molecule has 7 heteroatoms. The predicted octanol–water partition coefficient (Wildman–Crippen LogP) is 3.74. The first-order chi connectivity index (χ1) is 12.6. The number of nitrogens with zero attached hydrogens (tertiary/aromatic N) is 1. The van der Waals surface area contributed by atoms with Gasteiger partial charge in [-0.2, -0.15) is 0 Å². The van der Waals surface area contributed by atoms with E-state index in [1.807, 2.05) is 30.3 Å². The second-order valence-electron chi connectivity index (χ2n) is 6.43. The Morgan fingerprint density at radius 1 is 1.19 bits per heavy atom. The Labute approximate surface area is 156 Å². The van der Waals surface area contributed by atoms with E-state index in [1.54, 1.807) is 6.92 Å². The van der Waals surface area contributed by atoms with E-state index in [2.05, 4.69) is 10.5 Å². The summed E-state index contributed by atoms with van der Waals surface area (Å²) in [6, 6.07) is 9.70. The van der Waals surface area contributed by atoms with Crippen LogP contribution in [0.25, 0.3) is 0 Å². The topological polar surface area (TPSA) is 81.4 Å². The number of esters is 1. The lowest BCUT2D eigenvalue weighted by molar-refractivity contribution is -0.149. The molecule has 1 aliphatic carbocycles. The summed E-state index contributed by atoms with van der Waals surface area (Å²) in [5.41, 5.74) is -0.348. The summed E-state index contributed by atoms with van der Waals surface area (Å²) in [7, 11) is 1.35. The van der Waals surface area contributed by atoms with Crippen molar-refractivity contribution in [2.75, 3.05) is 7.11 Å². The molecule has 0 radical (unpaired) electrons. The summed E-state index contributed by atoms with van der Waals surface area (Å²) in [6.45, 7) is 1.79. The fraction of sp³-hybridized carbons (Fsp3) is 0.421. The molecule has 0 atom stereocenters. The maximum Gasteiger partial charge on any atom is 0.331 e. The van der Waals surface area contributed by atoms with Crippen LogP contribution in [0, 0.1) is 6.92 Å². The van der Waals surface area contributed by atoms with Gasteiger partial charge in [0.15, 0.2) is 0 Å². The lowest BCUT2D eigenvalue weighted by Crippen LogP contribution is -2.56. The van der Waals surface area contributed by atoms with Crippen molar-refractivity contribution in [2.45, 2.75) is 54.4 Å². The van der Waals surface area contributed by atoms with E-state index in [4.69, 9.17) is 9.26 Å².